The minimum atomic E-state index is -1.00. The van der Waals surface area contributed by atoms with Crippen LogP contribution in [0.5, 0.6) is 11.5 Å². The molecule has 0 amide bonds. The van der Waals surface area contributed by atoms with Crippen LogP contribution in [0.3, 0.4) is 0 Å². The molecule has 0 saturated heterocycles. The molecule has 0 bridgehead atoms. The number of halogens is 2. The standard InChI is InChI=1S/C22H19Cl2NO4/c1-28-21-9-7-14(22(26)27)10-19(21)25-12-15-4-2-3-5-20(15)29-13-16-6-8-17(23)11-18(16)24/h2-11,25H,12-13H2,1H3,(H,26,27). The first-order valence-corrected chi connectivity index (χ1v) is 9.53. The van der Waals surface area contributed by atoms with Gasteiger partial charge in [0, 0.05) is 27.7 Å². The zero-order valence-corrected chi connectivity index (χ0v) is 17.1. The Morgan fingerprint density at radius 2 is 1.79 bits per heavy atom. The molecule has 0 saturated carbocycles. The monoisotopic (exact) mass is 431 g/mol. The van der Waals surface area contributed by atoms with E-state index in [2.05, 4.69) is 5.32 Å². The van der Waals surface area contributed by atoms with Crippen LogP contribution in [0.15, 0.2) is 60.7 Å². The number of hydrogen-bond donors (Lipinski definition) is 2. The first-order chi connectivity index (χ1) is 14.0. The Morgan fingerprint density at radius 3 is 2.52 bits per heavy atom. The number of nitrogens with one attached hydrogen (secondary N) is 1. The van der Waals surface area contributed by atoms with Gasteiger partial charge in [-0.1, -0.05) is 47.5 Å². The summed E-state index contributed by atoms with van der Waals surface area (Å²) in [4.78, 5) is 11.2. The SMILES string of the molecule is COc1ccc(C(=O)O)cc1NCc1ccccc1OCc1ccc(Cl)cc1Cl. The van der Waals surface area contributed by atoms with E-state index >= 15 is 0 Å². The molecule has 3 rings (SSSR count). The number of aromatic carboxylic acids is 1. The maximum absolute atomic E-state index is 11.2. The lowest BCUT2D eigenvalue weighted by molar-refractivity contribution is 0.0697. The van der Waals surface area contributed by atoms with Crippen LogP contribution in [0.4, 0.5) is 5.69 Å². The number of carboxylic acid groups (broad SMARTS) is 1. The van der Waals surface area contributed by atoms with Gasteiger partial charge in [-0.05, 0) is 36.4 Å². The molecule has 2 N–H and O–H groups in total. The maximum Gasteiger partial charge on any atom is 0.335 e. The molecule has 0 aliphatic rings. The average molecular weight is 432 g/mol. The van der Waals surface area contributed by atoms with Crippen LogP contribution in [0.1, 0.15) is 21.5 Å². The number of anilines is 1. The Morgan fingerprint density at radius 1 is 1.00 bits per heavy atom. The summed E-state index contributed by atoms with van der Waals surface area (Å²) in [5, 5.41) is 13.5. The zero-order valence-electron chi connectivity index (χ0n) is 15.6. The number of ether oxygens (including phenoxy) is 2. The normalized spacial score (nSPS) is 10.4. The molecule has 150 valence electrons. The lowest BCUT2D eigenvalue weighted by atomic mass is 10.1. The third-order valence-electron chi connectivity index (χ3n) is 4.29. The van der Waals surface area contributed by atoms with Crippen LogP contribution in [-0.2, 0) is 13.2 Å². The fourth-order valence-electron chi connectivity index (χ4n) is 2.75. The van der Waals surface area contributed by atoms with Gasteiger partial charge in [-0.15, -0.1) is 0 Å². The number of para-hydroxylation sites is 1. The number of carboxylic acids is 1. The van der Waals surface area contributed by atoms with Gasteiger partial charge in [-0.25, -0.2) is 4.79 Å². The largest absolute Gasteiger partial charge is 0.495 e. The van der Waals surface area contributed by atoms with Gasteiger partial charge >= 0.3 is 5.97 Å². The predicted octanol–water partition coefficient (Wildman–Crippen LogP) is 5.89. The predicted molar refractivity (Wildman–Crippen MR) is 115 cm³/mol. The molecule has 0 aromatic heterocycles. The van der Waals surface area contributed by atoms with Crippen molar-refractivity contribution in [2.75, 3.05) is 12.4 Å². The molecule has 0 aliphatic carbocycles. The van der Waals surface area contributed by atoms with E-state index in [1.165, 1.54) is 19.2 Å². The molecule has 7 heteroatoms. The minimum absolute atomic E-state index is 0.176. The first-order valence-electron chi connectivity index (χ1n) is 8.77. The van der Waals surface area contributed by atoms with E-state index in [0.29, 0.717) is 40.4 Å². The van der Waals surface area contributed by atoms with Crippen molar-refractivity contribution in [3.8, 4) is 11.5 Å². The van der Waals surface area contributed by atoms with Gasteiger partial charge in [0.15, 0.2) is 0 Å². The van der Waals surface area contributed by atoms with Gasteiger partial charge < -0.3 is 19.9 Å². The summed E-state index contributed by atoms with van der Waals surface area (Å²) in [5.41, 5.74) is 2.49. The highest BCUT2D eigenvalue weighted by Gasteiger charge is 2.11. The third kappa shape index (κ3) is 5.34. The van der Waals surface area contributed by atoms with Gasteiger partial charge in [0.1, 0.15) is 18.1 Å². The van der Waals surface area contributed by atoms with Crippen molar-refractivity contribution in [2.45, 2.75) is 13.2 Å². The van der Waals surface area contributed by atoms with Crippen LogP contribution in [0, 0.1) is 0 Å². The molecule has 0 radical (unpaired) electrons. The number of rotatable bonds is 8. The average Bonchev–Trinajstić information content (AvgIpc) is 2.72. The summed E-state index contributed by atoms with van der Waals surface area (Å²) in [7, 11) is 1.54. The molecule has 29 heavy (non-hydrogen) atoms. The van der Waals surface area contributed by atoms with Crippen LogP contribution in [0.25, 0.3) is 0 Å². The second-order valence-electron chi connectivity index (χ2n) is 6.21. The molecule has 0 fully saturated rings. The Balaban J connectivity index is 1.74. The zero-order chi connectivity index (χ0) is 20.8. The van der Waals surface area contributed by atoms with E-state index in [1.54, 1.807) is 18.2 Å². The van der Waals surface area contributed by atoms with E-state index in [9.17, 15) is 9.90 Å². The molecule has 5 nitrogen and oxygen atoms in total. The van der Waals surface area contributed by atoms with Crippen molar-refractivity contribution in [1.29, 1.82) is 0 Å². The number of hydrogen-bond acceptors (Lipinski definition) is 4. The molecule has 0 spiro atoms. The first kappa shape index (κ1) is 20.8. The Bertz CT molecular complexity index is 1020. The van der Waals surface area contributed by atoms with Crippen molar-refractivity contribution >= 4 is 34.9 Å². The summed E-state index contributed by atoms with van der Waals surface area (Å²) in [5.74, 6) is 0.250. The Kier molecular flexibility index (Phi) is 6.86. The number of carbonyl (C=O) groups is 1. The van der Waals surface area contributed by atoms with E-state index in [0.717, 1.165) is 11.1 Å². The van der Waals surface area contributed by atoms with Gasteiger partial charge in [0.05, 0.1) is 18.4 Å². The van der Waals surface area contributed by atoms with Crippen molar-refractivity contribution in [3.63, 3.8) is 0 Å². The molecule has 0 aliphatic heterocycles. The topological polar surface area (TPSA) is 67.8 Å². The van der Waals surface area contributed by atoms with Crippen molar-refractivity contribution in [1.82, 2.24) is 0 Å². The molecule has 3 aromatic rings. The summed E-state index contributed by atoms with van der Waals surface area (Å²) >= 11 is 12.1. The fraction of sp³-hybridized carbons (Fsp3) is 0.136. The van der Waals surface area contributed by atoms with Gasteiger partial charge in [0.25, 0.3) is 0 Å². The second kappa shape index (κ2) is 9.54. The van der Waals surface area contributed by atoms with Crippen LogP contribution < -0.4 is 14.8 Å². The lowest BCUT2D eigenvalue weighted by Gasteiger charge is -2.15. The quantitative estimate of drug-likeness (QED) is 0.465. The van der Waals surface area contributed by atoms with Crippen molar-refractivity contribution in [2.24, 2.45) is 0 Å². The highest BCUT2D eigenvalue weighted by Crippen LogP contribution is 2.28. The van der Waals surface area contributed by atoms with E-state index in [1.807, 2.05) is 30.3 Å². The fourth-order valence-corrected chi connectivity index (χ4v) is 3.22. The molecule has 3 aromatic carbocycles. The molecule has 0 unspecified atom stereocenters. The molecule has 0 heterocycles. The van der Waals surface area contributed by atoms with E-state index < -0.39 is 5.97 Å². The van der Waals surface area contributed by atoms with Crippen molar-refractivity contribution < 1.29 is 19.4 Å². The Hall–Kier alpha value is -2.89. The van der Waals surface area contributed by atoms with Crippen molar-refractivity contribution in [3.05, 3.63) is 87.4 Å². The van der Waals surface area contributed by atoms with Crippen LogP contribution in [-0.4, -0.2) is 18.2 Å². The highest BCUT2D eigenvalue weighted by atomic mass is 35.5. The number of benzene rings is 3. The smallest absolute Gasteiger partial charge is 0.335 e. The second-order valence-corrected chi connectivity index (χ2v) is 7.05. The summed E-state index contributed by atoms with van der Waals surface area (Å²) in [6.45, 7) is 0.717. The minimum Gasteiger partial charge on any atom is -0.495 e. The third-order valence-corrected chi connectivity index (χ3v) is 4.87. The van der Waals surface area contributed by atoms with E-state index in [4.69, 9.17) is 32.7 Å². The van der Waals surface area contributed by atoms with E-state index in [-0.39, 0.29) is 5.56 Å². The molecular formula is C22H19Cl2NO4. The molecule has 0 atom stereocenters. The van der Waals surface area contributed by atoms with Gasteiger partial charge in [-0.2, -0.15) is 0 Å². The van der Waals surface area contributed by atoms with Crippen LogP contribution >= 0.6 is 23.2 Å². The van der Waals surface area contributed by atoms with Gasteiger partial charge in [0.2, 0.25) is 0 Å². The highest BCUT2D eigenvalue weighted by molar-refractivity contribution is 6.35. The lowest BCUT2D eigenvalue weighted by Crippen LogP contribution is -2.06. The maximum atomic E-state index is 11.2. The molecular weight excluding hydrogens is 413 g/mol. The van der Waals surface area contributed by atoms with Gasteiger partial charge in [-0.3, -0.25) is 0 Å². The summed E-state index contributed by atoms with van der Waals surface area (Å²) < 4.78 is 11.3. The summed E-state index contributed by atoms with van der Waals surface area (Å²) in [6.07, 6.45) is 0. The van der Waals surface area contributed by atoms with Crippen LogP contribution in [0.2, 0.25) is 10.0 Å². The number of methoxy groups -OCH3 is 1. The Labute approximate surface area is 178 Å². The summed E-state index contributed by atoms with van der Waals surface area (Å²) in [6, 6.07) is 17.5.